The van der Waals surface area contributed by atoms with Crippen molar-refractivity contribution in [2.24, 2.45) is 11.7 Å². The van der Waals surface area contributed by atoms with Gasteiger partial charge in [-0.15, -0.1) is 0 Å². The maximum absolute atomic E-state index is 12.3. The van der Waals surface area contributed by atoms with E-state index in [1.54, 1.807) is 12.1 Å². The molecular formula is C17H24N2O4. The van der Waals surface area contributed by atoms with Crippen molar-refractivity contribution in [3.63, 3.8) is 0 Å². The zero-order chi connectivity index (χ0) is 17.0. The Morgan fingerprint density at radius 1 is 1.35 bits per heavy atom. The summed E-state index contributed by atoms with van der Waals surface area (Å²) in [4.78, 5) is 24.9. The molecule has 1 amide bonds. The molecule has 0 bridgehead atoms. The number of nitrogens with two attached hydrogens (primary N) is 1. The molecule has 0 unspecified atom stereocenters. The number of rotatable bonds is 6. The van der Waals surface area contributed by atoms with E-state index in [9.17, 15) is 9.59 Å². The Labute approximate surface area is 136 Å². The Morgan fingerprint density at radius 2 is 2.00 bits per heavy atom. The van der Waals surface area contributed by atoms with E-state index in [0.29, 0.717) is 31.2 Å². The van der Waals surface area contributed by atoms with E-state index in [1.165, 1.54) is 12.1 Å². The number of carbonyl (C=O) groups excluding carboxylic acids is 1. The summed E-state index contributed by atoms with van der Waals surface area (Å²) in [5.74, 6) is 0.0442. The fraction of sp³-hybridized carbons (Fsp3) is 0.529. The molecule has 0 radical (unpaired) electrons. The average Bonchev–Trinajstić information content (AvgIpc) is 2.86. The van der Waals surface area contributed by atoms with E-state index < -0.39 is 5.97 Å². The summed E-state index contributed by atoms with van der Waals surface area (Å²) in [7, 11) is 0. The molecule has 1 fully saturated rings. The predicted octanol–water partition coefficient (Wildman–Crippen LogP) is 1.74. The first-order chi connectivity index (χ1) is 10.9. The third-order valence-electron chi connectivity index (χ3n) is 3.89. The van der Waals surface area contributed by atoms with Crippen LogP contribution in [0.25, 0.3) is 0 Å². The Bertz CT molecular complexity index is 556. The van der Waals surface area contributed by atoms with Gasteiger partial charge in [0.05, 0.1) is 11.6 Å². The van der Waals surface area contributed by atoms with Gasteiger partial charge >= 0.3 is 5.97 Å². The second kappa shape index (κ2) is 7.46. The molecule has 126 valence electrons. The highest BCUT2D eigenvalue weighted by molar-refractivity contribution is 5.87. The van der Waals surface area contributed by atoms with Gasteiger partial charge in [-0.05, 0) is 36.6 Å². The van der Waals surface area contributed by atoms with Gasteiger partial charge < -0.3 is 20.5 Å². The summed E-state index contributed by atoms with van der Waals surface area (Å²) in [5.41, 5.74) is 6.21. The Hall–Kier alpha value is -2.08. The molecule has 0 aromatic heterocycles. The lowest BCUT2D eigenvalue weighted by Gasteiger charge is -2.25. The number of carboxylic acid groups (broad SMARTS) is 1. The zero-order valence-corrected chi connectivity index (χ0v) is 13.6. The van der Waals surface area contributed by atoms with Gasteiger partial charge in [0.1, 0.15) is 12.4 Å². The molecule has 1 aliphatic rings. The second-order valence-corrected chi connectivity index (χ2v) is 6.43. The smallest absolute Gasteiger partial charge is 0.335 e. The van der Waals surface area contributed by atoms with E-state index in [0.717, 1.165) is 6.42 Å². The maximum atomic E-state index is 12.3. The number of likely N-dealkylation sites (tertiary alicyclic amines) is 1. The van der Waals surface area contributed by atoms with Gasteiger partial charge in [0.15, 0.2) is 0 Å². The molecule has 1 saturated heterocycles. The number of hydrogen-bond donors (Lipinski definition) is 2. The molecule has 3 N–H and O–H groups in total. The van der Waals surface area contributed by atoms with Crippen molar-refractivity contribution < 1.29 is 19.4 Å². The Morgan fingerprint density at radius 3 is 2.57 bits per heavy atom. The minimum atomic E-state index is -0.969. The van der Waals surface area contributed by atoms with Gasteiger partial charge in [0, 0.05) is 19.0 Å². The predicted molar refractivity (Wildman–Crippen MR) is 86.4 cm³/mol. The Kier molecular flexibility index (Phi) is 5.60. The van der Waals surface area contributed by atoms with E-state index >= 15 is 0 Å². The highest BCUT2D eigenvalue weighted by Crippen LogP contribution is 2.21. The van der Waals surface area contributed by atoms with Crippen LogP contribution in [0.1, 0.15) is 37.0 Å². The number of hydrogen-bond acceptors (Lipinski definition) is 4. The molecule has 1 aromatic rings. The first-order valence-corrected chi connectivity index (χ1v) is 7.88. The summed E-state index contributed by atoms with van der Waals surface area (Å²) in [6, 6.07) is 6.20. The molecule has 0 spiro atoms. The van der Waals surface area contributed by atoms with Crippen LogP contribution >= 0.6 is 0 Å². The van der Waals surface area contributed by atoms with E-state index in [2.05, 4.69) is 0 Å². The molecule has 6 heteroatoms. The fourth-order valence-corrected chi connectivity index (χ4v) is 2.77. The van der Waals surface area contributed by atoms with Crippen molar-refractivity contribution in [2.75, 3.05) is 13.2 Å². The number of aromatic carboxylic acids is 1. The van der Waals surface area contributed by atoms with Gasteiger partial charge in [0.2, 0.25) is 5.91 Å². The van der Waals surface area contributed by atoms with Crippen LogP contribution in [0.4, 0.5) is 0 Å². The van der Waals surface area contributed by atoms with Crippen molar-refractivity contribution in [2.45, 2.75) is 38.8 Å². The molecule has 23 heavy (non-hydrogen) atoms. The monoisotopic (exact) mass is 320 g/mol. The first-order valence-electron chi connectivity index (χ1n) is 7.88. The largest absolute Gasteiger partial charge is 0.491 e. The Balaban J connectivity index is 1.94. The first kappa shape index (κ1) is 17.3. The number of carboxylic acids is 1. The topological polar surface area (TPSA) is 92.9 Å². The molecule has 1 aromatic carbocycles. The number of benzene rings is 1. The molecule has 0 saturated carbocycles. The van der Waals surface area contributed by atoms with Crippen LogP contribution in [0, 0.1) is 5.92 Å². The number of ether oxygens (including phenoxy) is 1. The minimum absolute atomic E-state index is 0.0194. The quantitative estimate of drug-likeness (QED) is 0.833. The van der Waals surface area contributed by atoms with Crippen LogP contribution in [0.2, 0.25) is 0 Å². The third kappa shape index (κ3) is 4.69. The van der Waals surface area contributed by atoms with Crippen LogP contribution in [-0.2, 0) is 4.79 Å². The lowest BCUT2D eigenvalue weighted by molar-refractivity contribution is -0.133. The lowest BCUT2D eigenvalue weighted by atomic mass is 10.1. The standard InChI is InChI=1S/C17H24N2O4/c1-11(2)7-16(20)19-9-13(18)8-14(19)10-23-15-5-3-12(4-6-15)17(21)22/h3-6,11,13-14H,7-10,18H2,1-2H3,(H,21,22)/t13-,14+/m1/s1. The lowest BCUT2D eigenvalue weighted by Crippen LogP contribution is -2.40. The summed E-state index contributed by atoms with van der Waals surface area (Å²) >= 11 is 0. The molecule has 6 nitrogen and oxygen atoms in total. The summed E-state index contributed by atoms with van der Waals surface area (Å²) < 4.78 is 5.72. The van der Waals surface area contributed by atoms with E-state index in [-0.39, 0.29) is 23.6 Å². The van der Waals surface area contributed by atoms with Crippen molar-refractivity contribution >= 4 is 11.9 Å². The van der Waals surface area contributed by atoms with Crippen molar-refractivity contribution in [1.29, 1.82) is 0 Å². The van der Waals surface area contributed by atoms with Crippen LogP contribution in [0.5, 0.6) is 5.75 Å². The van der Waals surface area contributed by atoms with Gasteiger partial charge in [-0.1, -0.05) is 13.8 Å². The van der Waals surface area contributed by atoms with Gasteiger partial charge in [0.25, 0.3) is 0 Å². The molecule has 2 atom stereocenters. The third-order valence-corrected chi connectivity index (χ3v) is 3.89. The van der Waals surface area contributed by atoms with Crippen LogP contribution in [0.3, 0.4) is 0 Å². The van der Waals surface area contributed by atoms with Gasteiger partial charge in [-0.25, -0.2) is 4.79 Å². The second-order valence-electron chi connectivity index (χ2n) is 6.43. The minimum Gasteiger partial charge on any atom is -0.491 e. The molecule has 0 aliphatic carbocycles. The summed E-state index contributed by atoms with van der Waals surface area (Å²) in [5, 5.41) is 8.88. The highest BCUT2D eigenvalue weighted by atomic mass is 16.5. The van der Waals surface area contributed by atoms with Gasteiger partial charge in [-0.3, -0.25) is 4.79 Å². The van der Waals surface area contributed by atoms with Crippen LogP contribution in [0.15, 0.2) is 24.3 Å². The summed E-state index contributed by atoms with van der Waals surface area (Å²) in [6.45, 7) is 4.97. The molecule has 1 aliphatic heterocycles. The van der Waals surface area contributed by atoms with Crippen LogP contribution < -0.4 is 10.5 Å². The van der Waals surface area contributed by atoms with Gasteiger partial charge in [-0.2, -0.15) is 0 Å². The van der Waals surface area contributed by atoms with Crippen molar-refractivity contribution in [3.05, 3.63) is 29.8 Å². The van der Waals surface area contributed by atoms with Crippen molar-refractivity contribution in [3.8, 4) is 5.75 Å². The fourth-order valence-electron chi connectivity index (χ4n) is 2.77. The van der Waals surface area contributed by atoms with Crippen molar-refractivity contribution in [1.82, 2.24) is 4.90 Å². The summed E-state index contributed by atoms with van der Waals surface area (Å²) in [6.07, 6.45) is 1.23. The SMILES string of the molecule is CC(C)CC(=O)N1C[C@H](N)C[C@H]1COc1ccc(C(=O)O)cc1. The number of carbonyl (C=O) groups is 2. The molecule has 1 heterocycles. The van der Waals surface area contributed by atoms with Crippen LogP contribution in [-0.4, -0.2) is 47.1 Å². The maximum Gasteiger partial charge on any atom is 0.335 e. The highest BCUT2D eigenvalue weighted by Gasteiger charge is 2.33. The number of amides is 1. The molecule has 2 rings (SSSR count). The number of nitrogens with zero attached hydrogens (tertiary/aromatic N) is 1. The van der Waals surface area contributed by atoms with E-state index in [4.69, 9.17) is 15.6 Å². The van der Waals surface area contributed by atoms with E-state index in [1.807, 2.05) is 18.7 Å². The zero-order valence-electron chi connectivity index (χ0n) is 13.6. The molecular weight excluding hydrogens is 296 g/mol. The normalized spacial score (nSPS) is 20.8. The average molecular weight is 320 g/mol.